The van der Waals surface area contributed by atoms with Gasteiger partial charge >= 0.3 is 12.1 Å². The lowest BCUT2D eigenvalue weighted by Gasteiger charge is -2.25. The van der Waals surface area contributed by atoms with Crippen molar-refractivity contribution in [2.45, 2.75) is 25.7 Å². The van der Waals surface area contributed by atoms with Crippen molar-refractivity contribution in [3.05, 3.63) is 64.1 Å². The molecule has 2 aliphatic rings. The van der Waals surface area contributed by atoms with Crippen molar-refractivity contribution in [3.8, 4) is 0 Å². The van der Waals surface area contributed by atoms with E-state index in [0.717, 1.165) is 38.4 Å². The molecule has 0 spiro atoms. The maximum absolute atomic E-state index is 13.4. The SMILES string of the molecule is O=C(Nc1cccc(F)c1)c1nnc2n1C[C@@H]1CN(Cc3cccs3)C[C@@H]1C2.O=C(O)C(F)(F)F. The van der Waals surface area contributed by atoms with Crippen LogP contribution < -0.4 is 5.32 Å². The number of anilines is 1. The number of carboxylic acid groups (broad SMARTS) is 1. The number of carboxylic acids is 1. The van der Waals surface area contributed by atoms with Crippen LogP contribution in [0.25, 0.3) is 0 Å². The van der Waals surface area contributed by atoms with E-state index < -0.39 is 12.1 Å². The van der Waals surface area contributed by atoms with Crippen molar-refractivity contribution in [1.29, 1.82) is 0 Å². The number of fused-ring (bicyclic) bond motifs is 2. The average Bonchev–Trinajstić information content (AvgIpc) is 3.51. The number of aromatic nitrogens is 3. The Kier molecular flexibility index (Phi) is 7.17. The predicted molar refractivity (Wildman–Crippen MR) is 118 cm³/mol. The van der Waals surface area contributed by atoms with Gasteiger partial charge in [0.05, 0.1) is 0 Å². The van der Waals surface area contributed by atoms with E-state index in [0.29, 0.717) is 23.3 Å². The number of rotatable bonds is 4. The molecule has 5 rings (SSSR count). The molecule has 4 heterocycles. The van der Waals surface area contributed by atoms with E-state index >= 15 is 0 Å². The van der Waals surface area contributed by atoms with Crippen LogP contribution in [0.2, 0.25) is 0 Å². The molecule has 1 amide bonds. The van der Waals surface area contributed by atoms with Crippen molar-refractivity contribution in [2.24, 2.45) is 11.8 Å². The summed E-state index contributed by atoms with van der Waals surface area (Å²) in [6.07, 6.45) is -4.24. The van der Waals surface area contributed by atoms with E-state index in [1.54, 1.807) is 23.5 Å². The number of carbonyl (C=O) groups excluding carboxylic acids is 1. The molecule has 0 unspecified atom stereocenters. The minimum Gasteiger partial charge on any atom is -0.475 e. The smallest absolute Gasteiger partial charge is 0.475 e. The van der Waals surface area contributed by atoms with Crippen LogP contribution in [-0.2, 0) is 24.3 Å². The molecule has 2 aliphatic heterocycles. The number of hydrogen-bond acceptors (Lipinski definition) is 6. The number of nitrogens with one attached hydrogen (secondary N) is 1. The number of likely N-dealkylation sites (tertiary alicyclic amines) is 1. The van der Waals surface area contributed by atoms with Crippen LogP contribution in [0.15, 0.2) is 41.8 Å². The molecule has 0 aliphatic carbocycles. The van der Waals surface area contributed by atoms with E-state index in [4.69, 9.17) is 9.90 Å². The number of carbonyl (C=O) groups is 2. The van der Waals surface area contributed by atoms with Gasteiger partial charge in [-0.05, 0) is 41.5 Å². The zero-order chi connectivity index (χ0) is 25.2. The van der Waals surface area contributed by atoms with Gasteiger partial charge in [0.2, 0.25) is 5.82 Å². The highest BCUT2D eigenvalue weighted by atomic mass is 32.1. The largest absolute Gasteiger partial charge is 0.490 e. The second kappa shape index (κ2) is 10.1. The Hall–Kier alpha value is -3.32. The molecule has 2 aromatic heterocycles. The van der Waals surface area contributed by atoms with Crippen LogP contribution >= 0.6 is 11.3 Å². The lowest BCUT2D eigenvalue weighted by Crippen LogP contribution is -2.31. The van der Waals surface area contributed by atoms with E-state index in [9.17, 15) is 22.4 Å². The summed E-state index contributed by atoms with van der Waals surface area (Å²) < 4.78 is 47.0. The zero-order valence-corrected chi connectivity index (χ0v) is 19.0. The summed E-state index contributed by atoms with van der Waals surface area (Å²) in [4.78, 5) is 25.4. The van der Waals surface area contributed by atoms with Gasteiger partial charge in [0.1, 0.15) is 11.6 Å². The maximum Gasteiger partial charge on any atom is 0.490 e. The number of benzene rings is 1. The molecule has 1 fully saturated rings. The minimum atomic E-state index is -5.08. The van der Waals surface area contributed by atoms with E-state index in [-0.39, 0.29) is 11.7 Å². The quantitative estimate of drug-likeness (QED) is 0.519. The topological polar surface area (TPSA) is 100 Å². The number of thiophene rings is 1. The van der Waals surface area contributed by atoms with Crippen molar-refractivity contribution in [2.75, 3.05) is 18.4 Å². The van der Waals surface area contributed by atoms with Gasteiger partial charge in [-0.15, -0.1) is 21.5 Å². The Labute approximate surface area is 201 Å². The van der Waals surface area contributed by atoms with Crippen LogP contribution in [0.4, 0.5) is 23.2 Å². The molecule has 1 saturated heterocycles. The van der Waals surface area contributed by atoms with Gasteiger partial charge in [-0.25, -0.2) is 9.18 Å². The molecule has 186 valence electrons. The molecule has 1 aromatic carbocycles. The average molecular weight is 512 g/mol. The molecule has 3 aromatic rings. The third-order valence-corrected chi connectivity index (χ3v) is 6.69. The Bertz CT molecular complexity index is 1200. The standard InChI is InChI=1S/C20H20FN5OS.C2HF3O2/c21-15-3-1-4-16(8-15)22-20(27)19-24-23-18-7-13-9-25(10-14(13)11-26(18)19)12-17-5-2-6-28-17;3-2(4,5)1(6)7/h1-6,8,13-14H,7,9-12H2,(H,22,27);(H,6,7)/t13-,14-;/m0./s1. The highest BCUT2D eigenvalue weighted by Crippen LogP contribution is 2.33. The normalized spacial score (nSPS) is 19.3. The van der Waals surface area contributed by atoms with Crippen LogP contribution in [-0.4, -0.2) is 55.9 Å². The lowest BCUT2D eigenvalue weighted by molar-refractivity contribution is -0.192. The van der Waals surface area contributed by atoms with Crippen molar-refractivity contribution in [3.63, 3.8) is 0 Å². The fraction of sp³-hybridized carbons (Fsp3) is 0.364. The molecule has 0 bridgehead atoms. The summed E-state index contributed by atoms with van der Waals surface area (Å²) in [5, 5.41) is 20.3. The molecular weight excluding hydrogens is 490 g/mol. The highest BCUT2D eigenvalue weighted by Gasteiger charge is 2.39. The highest BCUT2D eigenvalue weighted by molar-refractivity contribution is 7.09. The Morgan fingerprint density at radius 1 is 1.11 bits per heavy atom. The first kappa shape index (κ1) is 24.8. The molecule has 0 saturated carbocycles. The number of nitrogens with zero attached hydrogens (tertiary/aromatic N) is 4. The molecule has 0 radical (unpaired) electrons. The molecular formula is C22H21F4N5O3S. The number of alkyl halides is 3. The van der Waals surface area contributed by atoms with Gasteiger partial charge in [0.25, 0.3) is 5.91 Å². The third-order valence-electron chi connectivity index (χ3n) is 5.83. The van der Waals surface area contributed by atoms with Crippen molar-refractivity contribution >= 4 is 28.9 Å². The molecule has 2 N–H and O–H groups in total. The van der Waals surface area contributed by atoms with Gasteiger partial charge in [0.15, 0.2) is 0 Å². The first-order valence-electron chi connectivity index (χ1n) is 10.6. The van der Waals surface area contributed by atoms with E-state index in [1.165, 1.54) is 17.0 Å². The Morgan fingerprint density at radius 2 is 1.86 bits per heavy atom. The number of amides is 1. The predicted octanol–water partition coefficient (Wildman–Crippen LogP) is 3.67. The number of halogens is 4. The first-order valence-corrected chi connectivity index (χ1v) is 11.5. The zero-order valence-electron chi connectivity index (χ0n) is 18.2. The Morgan fingerprint density at radius 3 is 2.51 bits per heavy atom. The van der Waals surface area contributed by atoms with Crippen LogP contribution in [0, 0.1) is 17.7 Å². The molecule has 13 heteroatoms. The molecule has 35 heavy (non-hydrogen) atoms. The minimum absolute atomic E-state index is 0.300. The van der Waals surface area contributed by atoms with Crippen molar-refractivity contribution in [1.82, 2.24) is 19.7 Å². The van der Waals surface area contributed by atoms with Gasteiger partial charge in [-0.1, -0.05) is 12.1 Å². The van der Waals surface area contributed by atoms with E-state index in [2.05, 4.69) is 37.9 Å². The monoisotopic (exact) mass is 511 g/mol. The summed E-state index contributed by atoms with van der Waals surface area (Å²) in [5.41, 5.74) is 0.416. The number of hydrogen-bond donors (Lipinski definition) is 2. The first-order chi connectivity index (χ1) is 16.6. The summed E-state index contributed by atoms with van der Waals surface area (Å²) in [7, 11) is 0. The second-order valence-corrected chi connectivity index (χ2v) is 9.35. The summed E-state index contributed by atoms with van der Waals surface area (Å²) in [5.74, 6) is -1.29. The van der Waals surface area contributed by atoms with Gasteiger partial charge in [-0.2, -0.15) is 13.2 Å². The fourth-order valence-electron chi connectivity index (χ4n) is 4.29. The van der Waals surface area contributed by atoms with Crippen LogP contribution in [0.3, 0.4) is 0 Å². The second-order valence-electron chi connectivity index (χ2n) is 8.32. The van der Waals surface area contributed by atoms with Crippen LogP contribution in [0.5, 0.6) is 0 Å². The lowest BCUT2D eigenvalue weighted by atomic mass is 9.89. The van der Waals surface area contributed by atoms with Gasteiger partial charge < -0.3 is 15.0 Å². The molecule has 8 nitrogen and oxygen atoms in total. The summed E-state index contributed by atoms with van der Waals surface area (Å²) in [6.45, 7) is 3.81. The van der Waals surface area contributed by atoms with E-state index in [1.807, 2.05) is 4.57 Å². The number of aliphatic carboxylic acids is 1. The van der Waals surface area contributed by atoms with Gasteiger partial charge in [0, 0.05) is 43.2 Å². The third kappa shape index (κ3) is 6.03. The molecule has 2 atom stereocenters. The summed E-state index contributed by atoms with van der Waals surface area (Å²) >= 11 is 1.79. The van der Waals surface area contributed by atoms with Crippen molar-refractivity contribution < 1.29 is 32.3 Å². The Balaban J connectivity index is 0.000000364. The van der Waals surface area contributed by atoms with Gasteiger partial charge in [-0.3, -0.25) is 9.69 Å². The summed E-state index contributed by atoms with van der Waals surface area (Å²) in [6, 6.07) is 10.1. The fourth-order valence-corrected chi connectivity index (χ4v) is 5.04. The van der Waals surface area contributed by atoms with Crippen LogP contribution in [0.1, 0.15) is 21.3 Å². The maximum atomic E-state index is 13.4.